The zero-order valence-electron chi connectivity index (χ0n) is 12.0. The maximum absolute atomic E-state index is 12.1. The molecule has 0 aliphatic heterocycles. The number of carbonyl (C=O) groups is 1. The highest BCUT2D eigenvalue weighted by Crippen LogP contribution is 2.17. The van der Waals surface area contributed by atoms with E-state index in [1.54, 1.807) is 42.2 Å². The summed E-state index contributed by atoms with van der Waals surface area (Å²) in [5.74, 6) is 0.553. The molecule has 1 aromatic heterocycles. The Labute approximate surface area is 129 Å². The second-order valence-corrected chi connectivity index (χ2v) is 4.38. The molecule has 6 nitrogen and oxygen atoms in total. The van der Waals surface area contributed by atoms with Gasteiger partial charge in [0, 0.05) is 25.0 Å². The summed E-state index contributed by atoms with van der Waals surface area (Å²) in [6, 6.07) is 7.16. The lowest BCUT2D eigenvalue weighted by atomic mass is 10.2. The first-order valence-electron chi connectivity index (χ1n) is 6.34. The zero-order valence-corrected chi connectivity index (χ0v) is 12.8. The quantitative estimate of drug-likeness (QED) is 0.881. The third-order valence-corrected chi connectivity index (χ3v) is 2.98. The van der Waals surface area contributed by atoms with Gasteiger partial charge in [-0.1, -0.05) is 0 Å². The summed E-state index contributed by atoms with van der Waals surface area (Å²) in [6.45, 7) is 2.80. The van der Waals surface area contributed by atoms with Crippen molar-refractivity contribution in [1.82, 2.24) is 9.78 Å². The highest BCUT2D eigenvalue weighted by atomic mass is 35.5. The lowest BCUT2D eigenvalue weighted by molar-refractivity contribution is 0.102. The van der Waals surface area contributed by atoms with Crippen molar-refractivity contribution in [2.24, 2.45) is 12.8 Å². The van der Waals surface area contributed by atoms with E-state index in [9.17, 15) is 4.79 Å². The van der Waals surface area contributed by atoms with Gasteiger partial charge in [0.25, 0.3) is 5.91 Å². The summed E-state index contributed by atoms with van der Waals surface area (Å²) in [5, 5.41) is 6.87. The minimum absolute atomic E-state index is 0. The van der Waals surface area contributed by atoms with Gasteiger partial charge in [0.2, 0.25) is 0 Å². The number of hydrogen-bond donors (Lipinski definition) is 2. The number of amides is 1. The normalized spacial score (nSPS) is 9.86. The molecule has 0 saturated carbocycles. The smallest absolute Gasteiger partial charge is 0.259 e. The van der Waals surface area contributed by atoms with Gasteiger partial charge in [-0.2, -0.15) is 5.10 Å². The topological polar surface area (TPSA) is 82.2 Å². The van der Waals surface area contributed by atoms with Crippen molar-refractivity contribution in [3.05, 3.63) is 41.7 Å². The number of nitrogens with two attached hydrogens (primary N) is 1. The van der Waals surface area contributed by atoms with Crippen LogP contribution in [-0.4, -0.2) is 28.8 Å². The minimum Gasteiger partial charge on any atom is -0.492 e. The molecule has 0 fully saturated rings. The summed E-state index contributed by atoms with van der Waals surface area (Å²) >= 11 is 0. The molecule has 0 radical (unpaired) electrons. The van der Waals surface area contributed by atoms with Crippen molar-refractivity contribution < 1.29 is 9.53 Å². The number of nitrogens with zero attached hydrogens (tertiary/aromatic N) is 2. The summed E-state index contributed by atoms with van der Waals surface area (Å²) in [6.07, 6.45) is 1.56. The number of aryl methyl sites for hydroxylation is 1. The zero-order chi connectivity index (χ0) is 14.5. The minimum atomic E-state index is -0.175. The Morgan fingerprint density at radius 3 is 2.57 bits per heavy atom. The molecular weight excluding hydrogens is 292 g/mol. The predicted molar refractivity (Wildman–Crippen MR) is 84.1 cm³/mol. The molecule has 0 aliphatic rings. The molecule has 0 saturated heterocycles. The van der Waals surface area contributed by atoms with E-state index in [2.05, 4.69) is 10.4 Å². The molecule has 3 N–H and O–H groups in total. The van der Waals surface area contributed by atoms with Crippen LogP contribution >= 0.6 is 12.4 Å². The molecule has 1 heterocycles. The van der Waals surface area contributed by atoms with Crippen LogP contribution in [0, 0.1) is 6.92 Å². The molecule has 7 heteroatoms. The first kappa shape index (κ1) is 17.0. The Morgan fingerprint density at radius 2 is 2.05 bits per heavy atom. The maximum atomic E-state index is 12.1. The van der Waals surface area contributed by atoms with Crippen molar-refractivity contribution in [3.8, 4) is 5.75 Å². The Bertz CT molecular complexity index is 596. The first-order valence-corrected chi connectivity index (χ1v) is 6.34. The van der Waals surface area contributed by atoms with Crippen LogP contribution < -0.4 is 15.8 Å². The summed E-state index contributed by atoms with van der Waals surface area (Å²) in [4.78, 5) is 12.1. The van der Waals surface area contributed by atoms with Crippen LogP contribution in [-0.2, 0) is 7.05 Å². The van der Waals surface area contributed by atoms with Crippen LogP contribution in [0.3, 0.4) is 0 Å². The lowest BCUT2D eigenvalue weighted by Crippen LogP contribution is -2.13. The average molecular weight is 311 g/mol. The van der Waals surface area contributed by atoms with Gasteiger partial charge in [-0.15, -0.1) is 12.4 Å². The molecule has 0 bridgehead atoms. The van der Waals surface area contributed by atoms with E-state index in [0.717, 1.165) is 11.4 Å². The Balaban J connectivity index is 0.00000220. The van der Waals surface area contributed by atoms with E-state index in [1.165, 1.54) is 0 Å². The van der Waals surface area contributed by atoms with Crippen molar-refractivity contribution in [2.75, 3.05) is 18.5 Å². The van der Waals surface area contributed by atoms with Crippen molar-refractivity contribution >= 4 is 24.0 Å². The molecule has 1 amide bonds. The van der Waals surface area contributed by atoms with E-state index in [4.69, 9.17) is 10.5 Å². The molecule has 114 valence electrons. The van der Waals surface area contributed by atoms with Crippen LogP contribution in [0.5, 0.6) is 5.75 Å². The summed E-state index contributed by atoms with van der Waals surface area (Å²) < 4.78 is 7.04. The molecule has 1 aromatic carbocycles. The number of aromatic nitrogens is 2. The second-order valence-electron chi connectivity index (χ2n) is 4.38. The SMILES string of the molecule is Cc1c(C(=O)Nc2ccc(OCCN)cc2)cnn1C.Cl. The standard InChI is InChI=1S/C14H18N4O2.ClH/c1-10-13(9-16-18(10)2)14(19)17-11-3-5-12(6-4-11)20-8-7-15;/h3-6,9H,7-8,15H2,1-2H3,(H,17,19);1H. The second kappa shape index (κ2) is 7.66. The highest BCUT2D eigenvalue weighted by Gasteiger charge is 2.12. The predicted octanol–water partition coefficient (Wildman–Crippen LogP) is 1.74. The largest absolute Gasteiger partial charge is 0.492 e. The lowest BCUT2D eigenvalue weighted by Gasteiger charge is -2.07. The van der Waals surface area contributed by atoms with Gasteiger partial charge >= 0.3 is 0 Å². The fraction of sp³-hybridized carbons (Fsp3) is 0.286. The van der Waals surface area contributed by atoms with Gasteiger partial charge in [-0.25, -0.2) is 0 Å². The Hall–Kier alpha value is -2.05. The fourth-order valence-electron chi connectivity index (χ4n) is 1.73. The number of rotatable bonds is 5. The fourth-order valence-corrected chi connectivity index (χ4v) is 1.73. The molecule has 0 spiro atoms. The molecule has 0 aliphatic carbocycles. The van der Waals surface area contributed by atoms with Gasteiger partial charge in [-0.3, -0.25) is 9.48 Å². The van der Waals surface area contributed by atoms with E-state index < -0.39 is 0 Å². The van der Waals surface area contributed by atoms with Crippen LogP contribution in [0.1, 0.15) is 16.1 Å². The third kappa shape index (κ3) is 4.21. The van der Waals surface area contributed by atoms with Crippen LogP contribution in [0.4, 0.5) is 5.69 Å². The number of halogens is 1. The Kier molecular flexibility index (Phi) is 6.20. The van der Waals surface area contributed by atoms with Crippen LogP contribution in [0.15, 0.2) is 30.5 Å². The molecule has 21 heavy (non-hydrogen) atoms. The maximum Gasteiger partial charge on any atom is 0.259 e. The Morgan fingerprint density at radius 1 is 1.38 bits per heavy atom. The highest BCUT2D eigenvalue weighted by molar-refractivity contribution is 6.04. The molecule has 2 aromatic rings. The number of benzene rings is 1. The molecule has 0 unspecified atom stereocenters. The summed E-state index contributed by atoms with van der Waals surface area (Å²) in [7, 11) is 1.80. The number of carbonyl (C=O) groups excluding carboxylic acids is 1. The van der Waals surface area contributed by atoms with Crippen molar-refractivity contribution in [3.63, 3.8) is 0 Å². The first-order chi connectivity index (χ1) is 9.61. The average Bonchev–Trinajstić information content (AvgIpc) is 2.78. The van der Waals surface area contributed by atoms with E-state index >= 15 is 0 Å². The van der Waals surface area contributed by atoms with E-state index in [1.807, 2.05) is 6.92 Å². The van der Waals surface area contributed by atoms with Gasteiger partial charge in [0.05, 0.1) is 11.8 Å². The monoisotopic (exact) mass is 310 g/mol. The number of hydrogen-bond acceptors (Lipinski definition) is 4. The van der Waals surface area contributed by atoms with Gasteiger partial charge in [-0.05, 0) is 31.2 Å². The summed E-state index contributed by atoms with van der Waals surface area (Å²) in [5.41, 5.74) is 7.46. The third-order valence-electron chi connectivity index (χ3n) is 2.98. The number of anilines is 1. The van der Waals surface area contributed by atoms with Crippen molar-refractivity contribution in [2.45, 2.75) is 6.92 Å². The van der Waals surface area contributed by atoms with E-state index in [0.29, 0.717) is 24.4 Å². The van der Waals surface area contributed by atoms with Gasteiger partial charge in [0.15, 0.2) is 0 Å². The van der Waals surface area contributed by atoms with Crippen LogP contribution in [0.2, 0.25) is 0 Å². The van der Waals surface area contributed by atoms with Gasteiger partial charge in [0.1, 0.15) is 12.4 Å². The molecule has 2 rings (SSSR count). The number of ether oxygens (including phenoxy) is 1. The van der Waals surface area contributed by atoms with Gasteiger partial charge < -0.3 is 15.8 Å². The van der Waals surface area contributed by atoms with Crippen molar-refractivity contribution in [1.29, 1.82) is 0 Å². The van der Waals surface area contributed by atoms with E-state index in [-0.39, 0.29) is 18.3 Å². The van der Waals surface area contributed by atoms with Crippen LogP contribution in [0.25, 0.3) is 0 Å². The molecule has 0 atom stereocenters. The molecular formula is C14H19ClN4O2. The number of nitrogens with one attached hydrogen (secondary N) is 1.